The average Bonchev–Trinajstić information content (AvgIpc) is 2.11. The summed E-state index contributed by atoms with van der Waals surface area (Å²) in [6, 6.07) is 5.61. The van der Waals surface area contributed by atoms with Crippen molar-refractivity contribution in [2.24, 2.45) is 0 Å². The van der Waals surface area contributed by atoms with E-state index < -0.39 is 0 Å². The Morgan fingerprint density at radius 1 is 1.54 bits per heavy atom. The summed E-state index contributed by atoms with van der Waals surface area (Å²) in [7, 11) is 0. The smallest absolute Gasteiger partial charge is 0.147 e. The third kappa shape index (κ3) is 3.27. The molecule has 0 unspecified atom stereocenters. The van der Waals surface area contributed by atoms with Gasteiger partial charge in [0.1, 0.15) is 5.78 Å². The van der Waals surface area contributed by atoms with Gasteiger partial charge < -0.3 is 5.73 Å². The van der Waals surface area contributed by atoms with E-state index in [1.807, 2.05) is 18.2 Å². The zero-order valence-corrected chi connectivity index (χ0v) is 10.6. The molecule has 0 heterocycles. The first-order valence-electron chi connectivity index (χ1n) is 3.75. The second-order valence-electron chi connectivity index (χ2n) is 2.70. The first-order chi connectivity index (χ1) is 6.13. The fourth-order valence-electron chi connectivity index (χ4n) is 0.990. The van der Waals surface area contributed by atoms with Crippen molar-refractivity contribution < 1.29 is 4.79 Å². The standard InChI is InChI=1S/C9H9BrINO/c10-5-8(13)4-6-3-7(12)1-2-9(6)11/h1-3H,4-5,12H2. The van der Waals surface area contributed by atoms with Crippen LogP contribution in [0, 0.1) is 3.57 Å². The van der Waals surface area contributed by atoms with Gasteiger partial charge in [0.05, 0.1) is 5.33 Å². The van der Waals surface area contributed by atoms with E-state index >= 15 is 0 Å². The van der Waals surface area contributed by atoms with Gasteiger partial charge in [-0.1, -0.05) is 15.9 Å². The van der Waals surface area contributed by atoms with E-state index in [4.69, 9.17) is 5.73 Å². The molecule has 0 radical (unpaired) electrons. The van der Waals surface area contributed by atoms with Crippen molar-refractivity contribution in [1.82, 2.24) is 0 Å². The summed E-state index contributed by atoms with van der Waals surface area (Å²) in [5.74, 6) is 0.170. The van der Waals surface area contributed by atoms with Crippen molar-refractivity contribution in [2.45, 2.75) is 6.42 Å². The Kier molecular flexibility index (Phi) is 4.18. The van der Waals surface area contributed by atoms with Crippen LogP contribution in [0.15, 0.2) is 18.2 Å². The number of alkyl halides is 1. The largest absolute Gasteiger partial charge is 0.399 e. The number of carbonyl (C=O) groups excluding carboxylic acids is 1. The third-order valence-corrected chi connectivity index (χ3v) is 3.28. The number of hydrogen-bond donors (Lipinski definition) is 1. The fraction of sp³-hybridized carbons (Fsp3) is 0.222. The van der Waals surface area contributed by atoms with E-state index in [1.54, 1.807) is 0 Å². The summed E-state index contributed by atoms with van der Waals surface area (Å²) < 4.78 is 1.08. The second-order valence-corrected chi connectivity index (χ2v) is 4.42. The summed E-state index contributed by atoms with van der Waals surface area (Å²) in [6.07, 6.45) is 0.453. The molecule has 0 saturated heterocycles. The van der Waals surface area contributed by atoms with Gasteiger partial charge in [-0.3, -0.25) is 4.79 Å². The number of Topliss-reactive ketones (excluding diaryl/α,β-unsaturated/α-hetero) is 1. The molecule has 1 rings (SSSR count). The topological polar surface area (TPSA) is 43.1 Å². The fourth-order valence-corrected chi connectivity index (χ4v) is 1.71. The van der Waals surface area contributed by atoms with Gasteiger partial charge in [0, 0.05) is 15.7 Å². The number of rotatable bonds is 3. The molecule has 2 N–H and O–H groups in total. The Balaban J connectivity index is 2.87. The molecule has 1 aromatic rings. The summed E-state index contributed by atoms with van der Waals surface area (Å²) in [5.41, 5.74) is 7.33. The SMILES string of the molecule is Nc1ccc(I)c(CC(=O)CBr)c1. The van der Waals surface area contributed by atoms with Crippen LogP contribution in [0.4, 0.5) is 5.69 Å². The van der Waals surface area contributed by atoms with Crippen molar-refractivity contribution in [3.63, 3.8) is 0 Å². The van der Waals surface area contributed by atoms with E-state index in [0.29, 0.717) is 17.4 Å². The minimum Gasteiger partial charge on any atom is -0.399 e. The molecular formula is C9H9BrINO. The van der Waals surface area contributed by atoms with Crippen LogP contribution in [0.3, 0.4) is 0 Å². The van der Waals surface area contributed by atoms with Crippen LogP contribution in [0.25, 0.3) is 0 Å². The highest BCUT2D eigenvalue weighted by atomic mass is 127. The zero-order chi connectivity index (χ0) is 9.84. The van der Waals surface area contributed by atoms with Crippen molar-refractivity contribution in [3.05, 3.63) is 27.3 Å². The van der Waals surface area contributed by atoms with E-state index in [9.17, 15) is 4.79 Å². The molecule has 0 aliphatic carbocycles. The van der Waals surface area contributed by atoms with Crippen molar-refractivity contribution in [1.29, 1.82) is 0 Å². The minimum atomic E-state index is 0.170. The lowest BCUT2D eigenvalue weighted by Gasteiger charge is -2.03. The van der Waals surface area contributed by atoms with Gasteiger partial charge in [-0.2, -0.15) is 0 Å². The molecule has 0 spiro atoms. The Bertz CT molecular complexity index is 327. The summed E-state index contributed by atoms with van der Waals surface area (Å²) in [6.45, 7) is 0. The first kappa shape index (κ1) is 11.0. The van der Waals surface area contributed by atoms with Gasteiger partial charge >= 0.3 is 0 Å². The average molecular weight is 354 g/mol. The summed E-state index contributed by atoms with van der Waals surface area (Å²) >= 11 is 5.34. The molecule has 70 valence electrons. The van der Waals surface area contributed by atoms with Crippen LogP contribution in [0.5, 0.6) is 0 Å². The first-order valence-corrected chi connectivity index (χ1v) is 5.95. The van der Waals surface area contributed by atoms with Gasteiger partial charge in [-0.05, 0) is 46.4 Å². The molecule has 0 fully saturated rings. The number of ketones is 1. The predicted molar refractivity (Wildman–Crippen MR) is 66.1 cm³/mol. The van der Waals surface area contributed by atoms with Crippen LogP contribution in [0.2, 0.25) is 0 Å². The van der Waals surface area contributed by atoms with E-state index in [2.05, 4.69) is 38.5 Å². The number of hydrogen-bond acceptors (Lipinski definition) is 2. The number of nitrogen functional groups attached to an aromatic ring is 1. The predicted octanol–water partition coefficient (Wildman–Crippen LogP) is 2.38. The van der Waals surface area contributed by atoms with Crippen LogP contribution < -0.4 is 5.73 Å². The molecule has 0 atom stereocenters. The highest BCUT2D eigenvalue weighted by Crippen LogP contribution is 2.16. The maximum absolute atomic E-state index is 11.2. The normalized spacial score (nSPS) is 10.0. The molecule has 0 bridgehead atoms. The quantitative estimate of drug-likeness (QED) is 0.515. The van der Waals surface area contributed by atoms with Crippen molar-refractivity contribution in [3.8, 4) is 0 Å². The lowest BCUT2D eigenvalue weighted by atomic mass is 10.1. The number of carbonyl (C=O) groups is 1. The monoisotopic (exact) mass is 353 g/mol. The zero-order valence-electron chi connectivity index (χ0n) is 6.89. The maximum atomic E-state index is 11.2. The highest BCUT2D eigenvalue weighted by molar-refractivity contribution is 14.1. The molecule has 13 heavy (non-hydrogen) atoms. The Hall–Kier alpha value is -0.100. The molecule has 0 aliphatic heterocycles. The molecule has 2 nitrogen and oxygen atoms in total. The number of nitrogens with two attached hydrogens (primary N) is 1. The Labute approximate surface area is 99.2 Å². The lowest BCUT2D eigenvalue weighted by Crippen LogP contribution is -2.05. The van der Waals surface area contributed by atoms with Gasteiger partial charge in [0.15, 0.2) is 0 Å². The van der Waals surface area contributed by atoms with Crippen molar-refractivity contribution >= 4 is 50.0 Å². The molecule has 0 aromatic heterocycles. The second kappa shape index (κ2) is 4.95. The highest BCUT2D eigenvalue weighted by Gasteiger charge is 2.05. The molecular weight excluding hydrogens is 345 g/mol. The van der Waals surface area contributed by atoms with Crippen LogP contribution >= 0.6 is 38.5 Å². The number of benzene rings is 1. The molecule has 4 heteroatoms. The van der Waals surface area contributed by atoms with E-state index in [1.165, 1.54) is 0 Å². The minimum absolute atomic E-state index is 0.170. The van der Waals surface area contributed by atoms with E-state index in [-0.39, 0.29) is 5.78 Å². The summed E-state index contributed by atoms with van der Waals surface area (Å²) in [5, 5.41) is 0.401. The van der Waals surface area contributed by atoms with Crippen molar-refractivity contribution in [2.75, 3.05) is 11.1 Å². The maximum Gasteiger partial charge on any atom is 0.147 e. The molecule has 0 saturated carbocycles. The van der Waals surface area contributed by atoms with E-state index in [0.717, 1.165) is 9.13 Å². The molecule has 0 amide bonds. The van der Waals surface area contributed by atoms with Gasteiger partial charge in [0.25, 0.3) is 0 Å². The van der Waals surface area contributed by atoms with Gasteiger partial charge in [0.2, 0.25) is 0 Å². The Morgan fingerprint density at radius 3 is 2.85 bits per heavy atom. The summed E-state index contributed by atoms with van der Waals surface area (Å²) in [4.78, 5) is 11.2. The van der Waals surface area contributed by atoms with Crippen LogP contribution in [0.1, 0.15) is 5.56 Å². The van der Waals surface area contributed by atoms with Crippen LogP contribution in [-0.2, 0) is 11.2 Å². The lowest BCUT2D eigenvalue weighted by molar-refractivity contribution is -0.115. The number of anilines is 1. The molecule has 1 aromatic carbocycles. The molecule has 0 aliphatic rings. The van der Waals surface area contributed by atoms with Gasteiger partial charge in [-0.25, -0.2) is 0 Å². The third-order valence-electron chi connectivity index (χ3n) is 1.61. The Morgan fingerprint density at radius 2 is 2.23 bits per heavy atom. The number of halogens is 2. The van der Waals surface area contributed by atoms with Crippen LogP contribution in [-0.4, -0.2) is 11.1 Å². The van der Waals surface area contributed by atoms with Gasteiger partial charge in [-0.15, -0.1) is 0 Å².